The molecule has 0 heterocycles. The normalized spacial score (nSPS) is 12.9. The molecule has 0 fully saturated rings. The quantitative estimate of drug-likeness (QED) is 0.721. The Bertz CT molecular complexity index is 331. The van der Waals surface area contributed by atoms with E-state index in [4.69, 9.17) is 5.73 Å². The van der Waals surface area contributed by atoms with Gasteiger partial charge < -0.3 is 10.8 Å². The molecular formula is C12H17NO. The summed E-state index contributed by atoms with van der Waals surface area (Å²) in [5.74, 6) is 0.599. The van der Waals surface area contributed by atoms with Gasteiger partial charge in [-0.05, 0) is 11.5 Å². The monoisotopic (exact) mass is 191 g/mol. The molecule has 14 heavy (non-hydrogen) atoms. The second kappa shape index (κ2) is 4.29. The molecule has 0 aliphatic carbocycles. The number of para-hydroxylation sites is 1. The second-order valence-corrected chi connectivity index (χ2v) is 3.70. The van der Waals surface area contributed by atoms with Gasteiger partial charge in [0.2, 0.25) is 0 Å². The number of aromatic hydroxyl groups is 1. The Hall–Kier alpha value is -1.28. The van der Waals surface area contributed by atoms with E-state index in [1.54, 1.807) is 6.08 Å². The molecule has 76 valence electrons. The molecule has 0 saturated heterocycles. The summed E-state index contributed by atoms with van der Waals surface area (Å²) < 4.78 is 0. The van der Waals surface area contributed by atoms with Gasteiger partial charge in [0.25, 0.3) is 0 Å². The van der Waals surface area contributed by atoms with E-state index >= 15 is 0 Å². The van der Waals surface area contributed by atoms with E-state index in [0.29, 0.717) is 11.7 Å². The molecule has 0 spiro atoms. The van der Waals surface area contributed by atoms with Gasteiger partial charge in [-0.3, -0.25) is 0 Å². The molecule has 0 amide bonds. The average molecular weight is 191 g/mol. The molecule has 1 atom stereocenters. The van der Waals surface area contributed by atoms with Gasteiger partial charge in [0.05, 0.1) is 6.04 Å². The molecule has 0 aliphatic heterocycles. The van der Waals surface area contributed by atoms with E-state index in [1.807, 2.05) is 32.0 Å². The number of phenolic OH excluding ortho intramolecular Hbond substituents is 1. The van der Waals surface area contributed by atoms with Gasteiger partial charge in [-0.2, -0.15) is 0 Å². The standard InChI is InChI=1S/C12H17NO/c1-4-11(13)10-7-5-6-9(8(2)3)12(10)14/h4-8,11,14H,1,13H2,2-3H3/t11-/m1/s1. The zero-order valence-electron chi connectivity index (χ0n) is 8.70. The van der Waals surface area contributed by atoms with Crippen molar-refractivity contribution in [2.45, 2.75) is 25.8 Å². The van der Waals surface area contributed by atoms with Gasteiger partial charge in [-0.25, -0.2) is 0 Å². The molecule has 0 aromatic heterocycles. The SMILES string of the molecule is C=C[C@@H](N)c1cccc(C(C)C)c1O. The number of benzene rings is 1. The third-order valence-electron chi connectivity index (χ3n) is 2.33. The molecule has 0 saturated carbocycles. The van der Waals surface area contributed by atoms with Crippen molar-refractivity contribution in [2.24, 2.45) is 5.73 Å². The highest BCUT2D eigenvalue weighted by Crippen LogP contribution is 2.31. The maximum Gasteiger partial charge on any atom is 0.124 e. The van der Waals surface area contributed by atoms with Crippen molar-refractivity contribution in [3.8, 4) is 5.75 Å². The Morgan fingerprint density at radius 3 is 2.43 bits per heavy atom. The van der Waals surface area contributed by atoms with Crippen molar-refractivity contribution in [1.82, 2.24) is 0 Å². The zero-order chi connectivity index (χ0) is 10.7. The Kier molecular flexibility index (Phi) is 3.31. The maximum atomic E-state index is 9.93. The second-order valence-electron chi connectivity index (χ2n) is 3.70. The zero-order valence-corrected chi connectivity index (χ0v) is 8.70. The molecule has 1 aromatic rings. The Morgan fingerprint density at radius 1 is 1.36 bits per heavy atom. The number of phenols is 1. The summed E-state index contributed by atoms with van der Waals surface area (Å²) in [6.45, 7) is 7.70. The van der Waals surface area contributed by atoms with Crippen molar-refractivity contribution >= 4 is 0 Å². The molecule has 1 rings (SSSR count). The largest absolute Gasteiger partial charge is 0.507 e. The minimum Gasteiger partial charge on any atom is -0.507 e. The highest BCUT2D eigenvalue weighted by molar-refractivity contribution is 5.44. The highest BCUT2D eigenvalue weighted by Gasteiger charge is 2.12. The smallest absolute Gasteiger partial charge is 0.124 e. The van der Waals surface area contributed by atoms with E-state index in [2.05, 4.69) is 6.58 Å². The molecule has 0 aliphatic rings. The minimum atomic E-state index is -0.298. The summed E-state index contributed by atoms with van der Waals surface area (Å²) in [6, 6.07) is 5.36. The maximum absolute atomic E-state index is 9.93. The lowest BCUT2D eigenvalue weighted by Gasteiger charge is -2.14. The lowest BCUT2D eigenvalue weighted by atomic mass is 9.96. The van der Waals surface area contributed by atoms with Gasteiger partial charge in [0.1, 0.15) is 5.75 Å². The van der Waals surface area contributed by atoms with Crippen LogP contribution >= 0.6 is 0 Å². The van der Waals surface area contributed by atoms with Crippen LogP contribution in [0.15, 0.2) is 30.9 Å². The van der Waals surface area contributed by atoms with Crippen LogP contribution in [0.25, 0.3) is 0 Å². The average Bonchev–Trinajstić information content (AvgIpc) is 2.16. The van der Waals surface area contributed by atoms with Crippen LogP contribution in [0.2, 0.25) is 0 Å². The fourth-order valence-corrected chi connectivity index (χ4v) is 1.44. The third kappa shape index (κ3) is 1.96. The molecule has 2 heteroatoms. The lowest BCUT2D eigenvalue weighted by molar-refractivity contribution is 0.455. The van der Waals surface area contributed by atoms with E-state index in [1.165, 1.54) is 0 Å². The van der Waals surface area contributed by atoms with Crippen LogP contribution in [-0.4, -0.2) is 5.11 Å². The molecule has 0 unspecified atom stereocenters. The summed E-state index contributed by atoms with van der Waals surface area (Å²) in [4.78, 5) is 0. The molecular weight excluding hydrogens is 174 g/mol. The van der Waals surface area contributed by atoms with Crippen LogP contribution in [-0.2, 0) is 0 Å². The van der Waals surface area contributed by atoms with Crippen LogP contribution in [0, 0.1) is 0 Å². The van der Waals surface area contributed by atoms with Crippen molar-refractivity contribution in [2.75, 3.05) is 0 Å². The number of hydrogen-bond acceptors (Lipinski definition) is 2. The fourth-order valence-electron chi connectivity index (χ4n) is 1.44. The van der Waals surface area contributed by atoms with Crippen molar-refractivity contribution < 1.29 is 5.11 Å². The van der Waals surface area contributed by atoms with E-state index in [9.17, 15) is 5.11 Å². The van der Waals surface area contributed by atoms with Crippen molar-refractivity contribution in [3.05, 3.63) is 42.0 Å². The van der Waals surface area contributed by atoms with Crippen molar-refractivity contribution in [3.63, 3.8) is 0 Å². The van der Waals surface area contributed by atoms with Gasteiger partial charge in [-0.1, -0.05) is 38.1 Å². The van der Waals surface area contributed by atoms with E-state index < -0.39 is 0 Å². The van der Waals surface area contributed by atoms with Crippen LogP contribution in [0.1, 0.15) is 36.9 Å². The first-order valence-corrected chi connectivity index (χ1v) is 4.77. The molecule has 3 N–H and O–H groups in total. The summed E-state index contributed by atoms with van der Waals surface area (Å²) in [5, 5.41) is 9.93. The molecule has 0 bridgehead atoms. The van der Waals surface area contributed by atoms with Gasteiger partial charge >= 0.3 is 0 Å². The number of hydrogen-bond donors (Lipinski definition) is 2. The Morgan fingerprint density at radius 2 is 1.93 bits per heavy atom. The number of nitrogens with two attached hydrogens (primary N) is 1. The molecule has 0 radical (unpaired) electrons. The van der Waals surface area contributed by atoms with Crippen LogP contribution in [0.5, 0.6) is 5.75 Å². The van der Waals surface area contributed by atoms with E-state index in [0.717, 1.165) is 11.1 Å². The molecule has 2 nitrogen and oxygen atoms in total. The Balaban J connectivity index is 3.20. The summed E-state index contributed by atoms with van der Waals surface area (Å²) in [6.07, 6.45) is 1.62. The van der Waals surface area contributed by atoms with Crippen molar-refractivity contribution in [1.29, 1.82) is 0 Å². The fraction of sp³-hybridized carbons (Fsp3) is 0.333. The summed E-state index contributed by atoms with van der Waals surface area (Å²) in [7, 11) is 0. The van der Waals surface area contributed by atoms with E-state index in [-0.39, 0.29) is 6.04 Å². The van der Waals surface area contributed by atoms with Crippen LogP contribution < -0.4 is 5.73 Å². The topological polar surface area (TPSA) is 46.2 Å². The summed E-state index contributed by atoms with van der Waals surface area (Å²) >= 11 is 0. The predicted octanol–water partition coefficient (Wildman–Crippen LogP) is 2.70. The Labute approximate surface area is 85.1 Å². The van der Waals surface area contributed by atoms with Gasteiger partial charge in [-0.15, -0.1) is 6.58 Å². The van der Waals surface area contributed by atoms with Crippen LogP contribution in [0.3, 0.4) is 0 Å². The first-order valence-electron chi connectivity index (χ1n) is 4.77. The summed E-state index contributed by atoms with van der Waals surface area (Å²) in [5.41, 5.74) is 7.46. The van der Waals surface area contributed by atoms with Gasteiger partial charge in [0, 0.05) is 5.56 Å². The van der Waals surface area contributed by atoms with Gasteiger partial charge in [0.15, 0.2) is 0 Å². The highest BCUT2D eigenvalue weighted by atomic mass is 16.3. The minimum absolute atomic E-state index is 0.298. The van der Waals surface area contributed by atoms with Crippen LogP contribution in [0.4, 0.5) is 0 Å². The number of rotatable bonds is 3. The molecule has 1 aromatic carbocycles. The predicted molar refractivity (Wildman–Crippen MR) is 59.3 cm³/mol. The first-order chi connectivity index (χ1) is 6.57. The lowest BCUT2D eigenvalue weighted by Crippen LogP contribution is -2.07. The first kappa shape index (κ1) is 10.8. The third-order valence-corrected chi connectivity index (χ3v) is 2.33.